The average Bonchev–Trinajstić information content (AvgIpc) is 3.08. The van der Waals surface area contributed by atoms with E-state index in [4.69, 9.17) is 16.3 Å². The monoisotopic (exact) mass is 391 g/mol. The van der Waals surface area contributed by atoms with Crippen molar-refractivity contribution >= 4 is 17.5 Å². The van der Waals surface area contributed by atoms with Gasteiger partial charge in [-0.15, -0.1) is 5.10 Å². The summed E-state index contributed by atoms with van der Waals surface area (Å²) in [6, 6.07) is 7.63. The number of amides is 1. The lowest BCUT2D eigenvalue weighted by Gasteiger charge is -2.23. The second kappa shape index (κ2) is 9.19. The molecule has 0 aliphatic carbocycles. The molecule has 2 aromatic rings. The van der Waals surface area contributed by atoms with Gasteiger partial charge < -0.3 is 15.4 Å². The van der Waals surface area contributed by atoms with E-state index < -0.39 is 0 Å². The molecule has 0 spiro atoms. The molecule has 1 unspecified atom stereocenters. The first-order valence-electron chi connectivity index (χ1n) is 9.42. The fourth-order valence-corrected chi connectivity index (χ4v) is 3.41. The average molecular weight is 392 g/mol. The van der Waals surface area contributed by atoms with Gasteiger partial charge in [0.25, 0.3) is 5.91 Å². The minimum absolute atomic E-state index is 0.173. The third-order valence-corrected chi connectivity index (χ3v) is 5.19. The molecular formula is C19H26ClN5O2. The largest absolute Gasteiger partial charge is 0.487 e. The van der Waals surface area contributed by atoms with E-state index in [9.17, 15) is 4.79 Å². The molecule has 1 fully saturated rings. The molecule has 1 aromatic heterocycles. The van der Waals surface area contributed by atoms with Gasteiger partial charge >= 0.3 is 0 Å². The van der Waals surface area contributed by atoms with Crippen molar-refractivity contribution in [2.75, 3.05) is 19.6 Å². The SMILES string of the molecule is CCC(CNC(=O)c1nnn(C2CCNCC2)c1C)Oc1ccccc1Cl. The summed E-state index contributed by atoms with van der Waals surface area (Å²) in [6.07, 6.45) is 2.56. The van der Waals surface area contributed by atoms with Gasteiger partial charge in [-0.3, -0.25) is 4.79 Å². The topological polar surface area (TPSA) is 81.1 Å². The number of para-hydroxylation sites is 1. The van der Waals surface area contributed by atoms with Gasteiger partial charge in [0, 0.05) is 0 Å². The van der Waals surface area contributed by atoms with Crippen molar-refractivity contribution in [1.29, 1.82) is 0 Å². The maximum Gasteiger partial charge on any atom is 0.273 e. The zero-order valence-electron chi connectivity index (χ0n) is 15.7. The number of nitrogens with zero attached hydrogens (tertiary/aromatic N) is 3. The van der Waals surface area contributed by atoms with E-state index in [0.29, 0.717) is 29.1 Å². The lowest BCUT2D eigenvalue weighted by molar-refractivity contribution is 0.0920. The number of nitrogens with one attached hydrogen (secondary N) is 2. The van der Waals surface area contributed by atoms with E-state index in [1.165, 1.54) is 0 Å². The van der Waals surface area contributed by atoms with Gasteiger partial charge in [0.2, 0.25) is 0 Å². The molecule has 1 aliphatic rings. The number of carbonyl (C=O) groups is 1. The molecule has 1 saturated heterocycles. The van der Waals surface area contributed by atoms with Gasteiger partial charge in [0.1, 0.15) is 11.9 Å². The lowest BCUT2D eigenvalue weighted by Crippen LogP contribution is -2.35. The zero-order valence-corrected chi connectivity index (χ0v) is 16.5. The van der Waals surface area contributed by atoms with E-state index in [2.05, 4.69) is 20.9 Å². The molecule has 7 nitrogen and oxygen atoms in total. The molecule has 3 rings (SSSR count). The molecule has 27 heavy (non-hydrogen) atoms. The smallest absolute Gasteiger partial charge is 0.273 e. The van der Waals surface area contributed by atoms with E-state index in [1.807, 2.05) is 36.7 Å². The second-order valence-electron chi connectivity index (χ2n) is 6.74. The minimum Gasteiger partial charge on any atom is -0.487 e. The third kappa shape index (κ3) is 4.78. The molecule has 8 heteroatoms. The second-order valence-corrected chi connectivity index (χ2v) is 7.14. The standard InChI is InChI=1S/C19H26ClN5O2/c1-3-15(27-17-7-5-4-6-16(17)20)12-22-19(26)18-13(2)25(24-23-18)14-8-10-21-11-9-14/h4-7,14-15,21H,3,8-12H2,1-2H3,(H,22,26). The summed E-state index contributed by atoms with van der Waals surface area (Å²) in [7, 11) is 0. The molecule has 1 atom stereocenters. The fraction of sp³-hybridized carbons (Fsp3) is 0.526. The summed E-state index contributed by atoms with van der Waals surface area (Å²) in [4.78, 5) is 12.6. The van der Waals surface area contributed by atoms with Crippen molar-refractivity contribution in [3.63, 3.8) is 0 Å². The van der Waals surface area contributed by atoms with Gasteiger partial charge in [-0.1, -0.05) is 35.9 Å². The Morgan fingerprint density at radius 1 is 1.41 bits per heavy atom. The van der Waals surface area contributed by atoms with Crippen LogP contribution in [0.5, 0.6) is 5.75 Å². The Morgan fingerprint density at radius 2 is 2.15 bits per heavy atom. The summed E-state index contributed by atoms with van der Waals surface area (Å²) in [6.45, 7) is 6.20. The van der Waals surface area contributed by atoms with Crippen molar-refractivity contribution in [2.45, 2.75) is 45.3 Å². The van der Waals surface area contributed by atoms with Gasteiger partial charge in [-0.05, 0) is 51.4 Å². The van der Waals surface area contributed by atoms with Gasteiger partial charge in [0.05, 0.1) is 23.3 Å². The summed E-state index contributed by atoms with van der Waals surface area (Å²) in [5.41, 5.74) is 1.18. The van der Waals surface area contributed by atoms with Crippen LogP contribution in [-0.4, -0.2) is 46.6 Å². The molecule has 2 N–H and O–H groups in total. The van der Waals surface area contributed by atoms with E-state index in [0.717, 1.165) is 38.0 Å². The quantitative estimate of drug-likeness (QED) is 0.758. The number of hydrogen-bond donors (Lipinski definition) is 2. The van der Waals surface area contributed by atoms with Crippen molar-refractivity contribution in [2.24, 2.45) is 0 Å². The summed E-state index contributed by atoms with van der Waals surface area (Å²) in [5, 5.41) is 15.1. The molecule has 1 amide bonds. The predicted molar refractivity (Wildman–Crippen MR) is 104 cm³/mol. The molecule has 0 radical (unpaired) electrons. The Morgan fingerprint density at radius 3 is 2.85 bits per heavy atom. The number of hydrogen-bond acceptors (Lipinski definition) is 5. The van der Waals surface area contributed by atoms with Crippen LogP contribution in [0.2, 0.25) is 5.02 Å². The third-order valence-electron chi connectivity index (χ3n) is 4.87. The zero-order chi connectivity index (χ0) is 19.2. The molecule has 0 bridgehead atoms. The molecule has 1 aromatic carbocycles. The van der Waals surface area contributed by atoms with Gasteiger partial charge in [0.15, 0.2) is 5.69 Å². The maximum absolute atomic E-state index is 12.6. The molecule has 146 valence electrons. The van der Waals surface area contributed by atoms with Crippen LogP contribution in [0.15, 0.2) is 24.3 Å². The van der Waals surface area contributed by atoms with E-state index >= 15 is 0 Å². The van der Waals surface area contributed by atoms with E-state index in [-0.39, 0.29) is 12.0 Å². The van der Waals surface area contributed by atoms with Crippen molar-refractivity contribution in [3.05, 3.63) is 40.7 Å². The highest BCUT2D eigenvalue weighted by Crippen LogP contribution is 2.25. The lowest BCUT2D eigenvalue weighted by atomic mass is 10.1. The first-order valence-corrected chi connectivity index (χ1v) is 9.79. The van der Waals surface area contributed by atoms with Crippen LogP contribution in [0.25, 0.3) is 0 Å². The van der Waals surface area contributed by atoms with Crippen molar-refractivity contribution < 1.29 is 9.53 Å². The number of carbonyl (C=O) groups excluding carboxylic acids is 1. The number of aromatic nitrogens is 3. The van der Waals surface area contributed by atoms with Gasteiger partial charge in [-0.25, -0.2) is 4.68 Å². The fourth-order valence-electron chi connectivity index (χ4n) is 3.23. The van der Waals surface area contributed by atoms with Gasteiger partial charge in [-0.2, -0.15) is 0 Å². The first-order chi connectivity index (χ1) is 13.1. The highest BCUT2D eigenvalue weighted by molar-refractivity contribution is 6.32. The number of halogens is 1. The van der Waals surface area contributed by atoms with Crippen LogP contribution >= 0.6 is 11.6 Å². The molecule has 2 heterocycles. The predicted octanol–water partition coefficient (Wildman–Crippen LogP) is 2.75. The minimum atomic E-state index is -0.228. The van der Waals surface area contributed by atoms with Crippen LogP contribution < -0.4 is 15.4 Å². The first kappa shape index (κ1) is 19.6. The number of ether oxygens (including phenoxy) is 1. The maximum atomic E-state index is 12.6. The molecule has 1 aliphatic heterocycles. The van der Waals surface area contributed by atoms with Crippen LogP contribution in [0.3, 0.4) is 0 Å². The summed E-state index contributed by atoms with van der Waals surface area (Å²) < 4.78 is 7.80. The van der Waals surface area contributed by atoms with Crippen LogP contribution in [0.1, 0.15) is 48.4 Å². The Kier molecular flexibility index (Phi) is 6.68. The summed E-state index contributed by atoms with van der Waals surface area (Å²) in [5.74, 6) is 0.391. The van der Waals surface area contributed by atoms with Crippen LogP contribution in [-0.2, 0) is 0 Å². The van der Waals surface area contributed by atoms with Crippen molar-refractivity contribution in [3.8, 4) is 5.75 Å². The Balaban J connectivity index is 1.59. The van der Waals surface area contributed by atoms with E-state index in [1.54, 1.807) is 6.07 Å². The van der Waals surface area contributed by atoms with Crippen LogP contribution in [0, 0.1) is 6.92 Å². The Labute approximate surface area is 164 Å². The number of benzene rings is 1. The summed E-state index contributed by atoms with van der Waals surface area (Å²) >= 11 is 6.14. The Hall–Kier alpha value is -2.12. The highest BCUT2D eigenvalue weighted by atomic mass is 35.5. The molecule has 0 saturated carbocycles. The van der Waals surface area contributed by atoms with Crippen molar-refractivity contribution in [1.82, 2.24) is 25.6 Å². The number of piperidine rings is 1. The highest BCUT2D eigenvalue weighted by Gasteiger charge is 2.23. The molecular weight excluding hydrogens is 366 g/mol. The normalized spacial score (nSPS) is 16.1. The van der Waals surface area contributed by atoms with Crippen LogP contribution in [0.4, 0.5) is 0 Å². The Bertz CT molecular complexity index is 773. The number of rotatable bonds is 7.